The number of hydrogen-bond acceptors (Lipinski definition) is 3. The number of unbranched alkanes of at least 4 members (excludes halogenated alkanes) is 6. The lowest BCUT2D eigenvalue weighted by molar-refractivity contribution is -0.0802. The predicted octanol–water partition coefficient (Wildman–Crippen LogP) is 3.21. The molecule has 0 bridgehead atoms. The maximum Gasteiger partial charge on any atom is 0.471 e. The largest absolute Gasteiger partial charge is 0.471 e. The summed E-state index contributed by atoms with van der Waals surface area (Å²) in [5.41, 5.74) is 0. The van der Waals surface area contributed by atoms with Gasteiger partial charge in [-0.3, -0.25) is 4.52 Å². The Morgan fingerprint density at radius 1 is 1.06 bits per heavy atom. The number of ether oxygens (including phenoxy) is 1. The fourth-order valence-electron chi connectivity index (χ4n) is 1.53. The third-order valence-electron chi connectivity index (χ3n) is 2.39. The van der Waals surface area contributed by atoms with E-state index >= 15 is 0 Å². The van der Waals surface area contributed by atoms with Crippen LogP contribution in [0.3, 0.4) is 0 Å². The Morgan fingerprint density at radius 2 is 1.59 bits per heavy atom. The molecule has 0 rings (SSSR count). The van der Waals surface area contributed by atoms with E-state index in [1.54, 1.807) is 0 Å². The minimum absolute atomic E-state index is 0.481. The van der Waals surface area contributed by atoms with Gasteiger partial charge >= 0.3 is 7.82 Å². The molecule has 0 saturated heterocycles. The summed E-state index contributed by atoms with van der Waals surface area (Å²) >= 11 is 0. The van der Waals surface area contributed by atoms with E-state index in [2.05, 4.69) is 11.4 Å². The SMILES string of the molecule is CCCCCCCCCOC(C)OP(=O)(O)O. The van der Waals surface area contributed by atoms with Crippen molar-refractivity contribution in [3.8, 4) is 0 Å². The summed E-state index contributed by atoms with van der Waals surface area (Å²) in [5, 5.41) is 0. The quantitative estimate of drug-likeness (QED) is 0.342. The van der Waals surface area contributed by atoms with Crippen molar-refractivity contribution in [3.63, 3.8) is 0 Å². The summed E-state index contributed by atoms with van der Waals surface area (Å²) in [6, 6.07) is 0. The van der Waals surface area contributed by atoms with Crippen molar-refractivity contribution < 1.29 is 23.6 Å². The fourth-order valence-corrected chi connectivity index (χ4v) is 1.98. The first-order chi connectivity index (χ1) is 7.95. The average Bonchev–Trinajstić information content (AvgIpc) is 2.19. The molecule has 104 valence electrons. The highest BCUT2D eigenvalue weighted by atomic mass is 31.2. The van der Waals surface area contributed by atoms with Gasteiger partial charge in [0, 0.05) is 6.61 Å². The van der Waals surface area contributed by atoms with E-state index in [9.17, 15) is 4.57 Å². The summed E-state index contributed by atoms with van der Waals surface area (Å²) in [6.45, 7) is 4.16. The first kappa shape index (κ1) is 17.1. The van der Waals surface area contributed by atoms with E-state index in [1.165, 1.54) is 39.0 Å². The number of hydrogen-bond donors (Lipinski definition) is 2. The van der Waals surface area contributed by atoms with E-state index in [0.29, 0.717) is 6.61 Å². The third-order valence-corrected chi connectivity index (χ3v) is 2.96. The molecule has 17 heavy (non-hydrogen) atoms. The zero-order valence-electron chi connectivity index (χ0n) is 10.8. The Bertz CT molecular complexity index is 216. The molecule has 0 aliphatic heterocycles. The molecule has 0 spiro atoms. The molecule has 0 aromatic carbocycles. The summed E-state index contributed by atoms with van der Waals surface area (Å²) < 4.78 is 19.9. The third kappa shape index (κ3) is 14.0. The lowest BCUT2D eigenvalue weighted by Gasteiger charge is -2.14. The summed E-state index contributed by atoms with van der Waals surface area (Å²) in [7, 11) is -4.42. The Labute approximate surface area is 104 Å². The molecule has 0 fully saturated rings. The van der Waals surface area contributed by atoms with Crippen LogP contribution in [0.4, 0.5) is 0 Å². The van der Waals surface area contributed by atoms with Gasteiger partial charge in [-0.25, -0.2) is 4.57 Å². The van der Waals surface area contributed by atoms with E-state index in [1.807, 2.05) is 0 Å². The maximum absolute atomic E-state index is 10.5. The van der Waals surface area contributed by atoms with Crippen LogP contribution < -0.4 is 0 Å². The molecule has 5 nitrogen and oxygen atoms in total. The maximum atomic E-state index is 10.5. The van der Waals surface area contributed by atoms with E-state index in [4.69, 9.17) is 14.5 Å². The zero-order chi connectivity index (χ0) is 13.1. The van der Waals surface area contributed by atoms with Crippen molar-refractivity contribution in [1.82, 2.24) is 0 Å². The van der Waals surface area contributed by atoms with Gasteiger partial charge in [-0.2, -0.15) is 0 Å². The van der Waals surface area contributed by atoms with Gasteiger partial charge in [0.25, 0.3) is 0 Å². The topological polar surface area (TPSA) is 76.0 Å². The molecule has 0 radical (unpaired) electrons. The van der Waals surface area contributed by atoms with Crippen molar-refractivity contribution in [1.29, 1.82) is 0 Å². The molecule has 1 unspecified atom stereocenters. The van der Waals surface area contributed by atoms with Crippen LogP contribution in [-0.4, -0.2) is 22.7 Å². The minimum atomic E-state index is -4.42. The van der Waals surface area contributed by atoms with Crippen LogP contribution in [-0.2, 0) is 13.8 Å². The predicted molar refractivity (Wildman–Crippen MR) is 66.5 cm³/mol. The van der Waals surface area contributed by atoms with Gasteiger partial charge < -0.3 is 14.5 Å². The van der Waals surface area contributed by atoms with Crippen molar-refractivity contribution in [2.75, 3.05) is 6.61 Å². The highest BCUT2D eigenvalue weighted by Crippen LogP contribution is 2.37. The molecule has 0 aliphatic carbocycles. The van der Waals surface area contributed by atoms with Crippen molar-refractivity contribution in [2.24, 2.45) is 0 Å². The zero-order valence-corrected chi connectivity index (χ0v) is 11.7. The van der Waals surface area contributed by atoms with Gasteiger partial charge in [0.15, 0.2) is 6.29 Å². The Balaban J connectivity index is 3.25. The van der Waals surface area contributed by atoms with Gasteiger partial charge in [0.1, 0.15) is 0 Å². The van der Waals surface area contributed by atoms with Crippen molar-refractivity contribution in [3.05, 3.63) is 0 Å². The van der Waals surface area contributed by atoms with Crippen LogP contribution in [0.25, 0.3) is 0 Å². The Morgan fingerprint density at radius 3 is 2.12 bits per heavy atom. The first-order valence-electron chi connectivity index (χ1n) is 6.31. The normalized spacial score (nSPS) is 13.9. The molecule has 0 saturated carbocycles. The lowest BCUT2D eigenvalue weighted by Crippen LogP contribution is -2.12. The summed E-state index contributed by atoms with van der Waals surface area (Å²) in [6.07, 6.45) is 7.42. The van der Waals surface area contributed by atoms with Gasteiger partial charge in [-0.05, 0) is 13.3 Å². The second-order valence-electron chi connectivity index (χ2n) is 4.16. The van der Waals surface area contributed by atoms with Crippen LogP contribution in [0.1, 0.15) is 58.8 Å². The molecular formula is C11H25O5P. The highest BCUT2D eigenvalue weighted by Gasteiger charge is 2.18. The summed E-state index contributed by atoms with van der Waals surface area (Å²) in [4.78, 5) is 17.0. The highest BCUT2D eigenvalue weighted by molar-refractivity contribution is 7.46. The number of phosphoric acid groups is 1. The van der Waals surface area contributed by atoms with Crippen molar-refractivity contribution in [2.45, 2.75) is 65.1 Å². The minimum Gasteiger partial charge on any atom is -0.352 e. The molecule has 2 N–H and O–H groups in total. The molecule has 0 amide bonds. The average molecular weight is 268 g/mol. The molecule has 0 aromatic heterocycles. The van der Waals surface area contributed by atoms with Crippen LogP contribution in [0, 0.1) is 0 Å². The molecular weight excluding hydrogens is 243 g/mol. The van der Waals surface area contributed by atoms with E-state index in [0.717, 1.165) is 12.8 Å². The van der Waals surface area contributed by atoms with Crippen LogP contribution in [0.15, 0.2) is 0 Å². The smallest absolute Gasteiger partial charge is 0.352 e. The van der Waals surface area contributed by atoms with Crippen LogP contribution >= 0.6 is 7.82 Å². The lowest BCUT2D eigenvalue weighted by atomic mass is 10.1. The number of phosphoric ester groups is 1. The monoisotopic (exact) mass is 268 g/mol. The van der Waals surface area contributed by atoms with Gasteiger partial charge in [-0.1, -0.05) is 45.4 Å². The molecule has 0 aromatic rings. The van der Waals surface area contributed by atoms with Crippen molar-refractivity contribution >= 4 is 7.82 Å². The van der Waals surface area contributed by atoms with Crippen LogP contribution in [0.5, 0.6) is 0 Å². The first-order valence-corrected chi connectivity index (χ1v) is 7.84. The van der Waals surface area contributed by atoms with Gasteiger partial charge in [-0.15, -0.1) is 0 Å². The standard InChI is InChI=1S/C11H25O5P/c1-3-4-5-6-7-8-9-10-15-11(2)16-17(12,13)14/h11H,3-10H2,1-2H3,(H2,12,13,14). The second kappa shape index (κ2) is 10.0. The molecule has 6 heteroatoms. The summed E-state index contributed by atoms with van der Waals surface area (Å²) in [5.74, 6) is 0. The van der Waals surface area contributed by atoms with Gasteiger partial charge in [0.05, 0.1) is 0 Å². The van der Waals surface area contributed by atoms with Gasteiger partial charge in [0.2, 0.25) is 0 Å². The molecule has 0 aliphatic rings. The van der Waals surface area contributed by atoms with E-state index < -0.39 is 14.1 Å². The Hall–Kier alpha value is 0.0700. The van der Waals surface area contributed by atoms with Crippen LogP contribution in [0.2, 0.25) is 0 Å². The second-order valence-corrected chi connectivity index (χ2v) is 5.35. The molecule has 1 atom stereocenters. The number of rotatable bonds is 11. The molecule has 0 heterocycles. The van der Waals surface area contributed by atoms with E-state index in [-0.39, 0.29) is 0 Å². The Kier molecular flexibility index (Phi) is 10.1. The fraction of sp³-hybridized carbons (Fsp3) is 1.00.